The highest BCUT2D eigenvalue weighted by molar-refractivity contribution is 7.09. The highest BCUT2D eigenvalue weighted by Crippen LogP contribution is 2.26. The van der Waals surface area contributed by atoms with E-state index in [1.54, 1.807) is 11.3 Å². The minimum Gasteiger partial charge on any atom is -0.370 e. The van der Waals surface area contributed by atoms with E-state index in [-0.39, 0.29) is 5.60 Å². The molecule has 0 spiro atoms. The van der Waals surface area contributed by atoms with E-state index in [2.05, 4.69) is 68.9 Å². The molecular formula is C21H31N3OS. The molecule has 0 unspecified atom stereocenters. The Kier molecular flexibility index (Phi) is 6.95. The van der Waals surface area contributed by atoms with Crippen LogP contribution in [0.25, 0.3) is 0 Å². The molecule has 142 valence electrons. The quantitative estimate of drug-likeness (QED) is 0.490. The van der Waals surface area contributed by atoms with Crippen LogP contribution in [-0.2, 0) is 17.8 Å². The molecule has 1 aromatic carbocycles. The average molecular weight is 374 g/mol. The molecule has 5 heteroatoms. The largest absolute Gasteiger partial charge is 0.370 e. The van der Waals surface area contributed by atoms with Crippen molar-refractivity contribution < 1.29 is 4.74 Å². The normalized spacial score (nSPS) is 12.1. The van der Waals surface area contributed by atoms with Gasteiger partial charge in [0.1, 0.15) is 0 Å². The zero-order chi connectivity index (χ0) is 19.3. The first kappa shape index (κ1) is 20.6. The minimum absolute atomic E-state index is 0.139. The molecule has 0 N–H and O–H groups in total. The standard InChI is InChI=1S/C21H31N3OS/c1-8-24(7)14-22-19-10-15(2)17(9-16(19)3)11-20-23-18(13-26-20)12-25-21(4,5)6/h9-10,13-14H,8,11-12H2,1-7H3/b22-14+. The number of aromatic nitrogens is 1. The lowest BCUT2D eigenvalue weighted by atomic mass is 10.0. The van der Waals surface area contributed by atoms with Crippen LogP contribution in [0.2, 0.25) is 0 Å². The molecule has 1 aromatic heterocycles. The molecule has 0 saturated carbocycles. The number of thiazole rings is 1. The van der Waals surface area contributed by atoms with Crippen molar-refractivity contribution in [2.75, 3.05) is 13.6 Å². The Balaban J connectivity index is 2.09. The van der Waals surface area contributed by atoms with E-state index in [1.807, 2.05) is 13.4 Å². The first-order chi connectivity index (χ1) is 12.2. The summed E-state index contributed by atoms with van der Waals surface area (Å²) < 4.78 is 5.82. The van der Waals surface area contributed by atoms with Crippen LogP contribution in [0.1, 0.15) is 55.1 Å². The SMILES string of the molecule is CCN(C)/C=N/c1cc(C)c(Cc2nc(COC(C)(C)C)cs2)cc1C. The first-order valence-electron chi connectivity index (χ1n) is 9.09. The van der Waals surface area contributed by atoms with Gasteiger partial charge in [0.25, 0.3) is 0 Å². The van der Waals surface area contributed by atoms with Crippen LogP contribution in [0.3, 0.4) is 0 Å². The van der Waals surface area contributed by atoms with Gasteiger partial charge in [-0.2, -0.15) is 0 Å². The molecule has 0 amide bonds. The molecule has 26 heavy (non-hydrogen) atoms. The predicted octanol–water partition coefficient (Wildman–Crippen LogP) is 5.28. The molecule has 0 fully saturated rings. The van der Waals surface area contributed by atoms with Crippen molar-refractivity contribution in [3.05, 3.63) is 44.9 Å². The average Bonchev–Trinajstić information content (AvgIpc) is 3.01. The van der Waals surface area contributed by atoms with Gasteiger partial charge in [0.2, 0.25) is 0 Å². The Morgan fingerprint density at radius 3 is 2.62 bits per heavy atom. The Labute approximate surface area is 161 Å². The van der Waals surface area contributed by atoms with Crippen molar-refractivity contribution in [3.8, 4) is 0 Å². The molecule has 0 bridgehead atoms. The summed E-state index contributed by atoms with van der Waals surface area (Å²) in [5.74, 6) is 0. The summed E-state index contributed by atoms with van der Waals surface area (Å²) >= 11 is 1.70. The number of rotatable bonds is 7. The van der Waals surface area contributed by atoms with Gasteiger partial charge in [-0.15, -0.1) is 11.3 Å². The number of hydrogen-bond acceptors (Lipinski definition) is 4. The molecule has 1 heterocycles. The third-order valence-corrected chi connectivity index (χ3v) is 5.04. The summed E-state index contributed by atoms with van der Waals surface area (Å²) in [6.07, 6.45) is 2.75. The van der Waals surface area contributed by atoms with Gasteiger partial charge in [-0.3, -0.25) is 0 Å². The summed E-state index contributed by atoms with van der Waals surface area (Å²) in [7, 11) is 2.03. The molecular weight excluding hydrogens is 342 g/mol. The lowest BCUT2D eigenvalue weighted by Gasteiger charge is -2.18. The lowest BCUT2D eigenvalue weighted by Crippen LogP contribution is -2.18. The van der Waals surface area contributed by atoms with Gasteiger partial charge in [-0.25, -0.2) is 9.98 Å². The number of aryl methyl sites for hydroxylation is 2. The third kappa shape index (κ3) is 6.22. The van der Waals surface area contributed by atoms with Gasteiger partial charge < -0.3 is 9.64 Å². The monoisotopic (exact) mass is 373 g/mol. The topological polar surface area (TPSA) is 37.7 Å². The van der Waals surface area contributed by atoms with Gasteiger partial charge >= 0.3 is 0 Å². The molecule has 0 radical (unpaired) electrons. The number of aliphatic imine (C=N–C) groups is 1. The van der Waals surface area contributed by atoms with Gasteiger partial charge in [-0.1, -0.05) is 6.07 Å². The van der Waals surface area contributed by atoms with Gasteiger partial charge in [-0.05, 0) is 64.3 Å². The number of ether oxygens (including phenoxy) is 1. The van der Waals surface area contributed by atoms with Crippen molar-refractivity contribution in [1.82, 2.24) is 9.88 Å². The van der Waals surface area contributed by atoms with E-state index in [9.17, 15) is 0 Å². The molecule has 2 aromatic rings. The molecule has 0 saturated heterocycles. The second-order valence-corrected chi connectivity index (χ2v) is 8.64. The fourth-order valence-electron chi connectivity index (χ4n) is 2.38. The fraction of sp³-hybridized carbons (Fsp3) is 0.524. The molecule has 2 rings (SSSR count). The Morgan fingerprint density at radius 2 is 1.96 bits per heavy atom. The maximum Gasteiger partial charge on any atom is 0.0973 e. The smallest absolute Gasteiger partial charge is 0.0973 e. The van der Waals surface area contributed by atoms with Crippen LogP contribution in [0.15, 0.2) is 22.5 Å². The van der Waals surface area contributed by atoms with Crippen LogP contribution in [-0.4, -0.2) is 35.4 Å². The van der Waals surface area contributed by atoms with Gasteiger partial charge in [0.15, 0.2) is 0 Å². The van der Waals surface area contributed by atoms with Crippen molar-refractivity contribution >= 4 is 23.4 Å². The molecule has 0 aliphatic carbocycles. The van der Waals surface area contributed by atoms with Crippen LogP contribution in [0, 0.1) is 13.8 Å². The van der Waals surface area contributed by atoms with Crippen LogP contribution >= 0.6 is 11.3 Å². The second-order valence-electron chi connectivity index (χ2n) is 7.69. The van der Waals surface area contributed by atoms with Crippen LogP contribution in [0.4, 0.5) is 5.69 Å². The highest BCUT2D eigenvalue weighted by Gasteiger charge is 2.12. The van der Waals surface area contributed by atoms with Gasteiger partial charge in [0, 0.05) is 25.4 Å². The van der Waals surface area contributed by atoms with Gasteiger partial charge in [0.05, 0.1) is 34.9 Å². The summed E-state index contributed by atoms with van der Waals surface area (Å²) in [5.41, 5.74) is 5.66. The van der Waals surface area contributed by atoms with E-state index < -0.39 is 0 Å². The van der Waals surface area contributed by atoms with E-state index in [1.165, 1.54) is 16.7 Å². The third-order valence-electron chi connectivity index (χ3n) is 4.14. The highest BCUT2D eigenvalue weighted by atomic mass is 32.1. The van der Waals surface area contributed by atoms with Crippen molar-refractivity contribution in [2.45, 2.75) is 60.2 Å². The number of hydrogen-bond donors (Lipinski definition) is 0. The molecule has 0 atom stereocenters. The fourth-order valence-corrected chi connectivity index (χ4v) is 3.18. The summed E-state index contributed by atoms with van der Waals surface area (Å²) in [4.78, 5) is 11.4. The zero-order valence-corrected chi connectivity index (χ0v) is 17.9. The van der Waals surface area contributed by atoms with Crippen molar-refractivity contribution in [1.29, 1.82) is 0 Å². The maximum absolute atomic E-state index is 5.82. The molecule has 0 aliphatic heterocycles. The maximum atomic E-state index is 5.82. The summed E-state index contributed by atoms with van der Waals surface area (Å²) in [5, 5.41) is 3.23. The van der Waals surface area contributed by atoms with Crippen LogP contribution in [0.5, 0.6) is 0 Å². The minimum atomic E-state index is -0.139. The molecule has 0 aliphatic rings. The second kappa shape index (κ2) is 8.78. The molecule has 4 nitrogen and oxygen atoms in total. The van der Waals surface area contributed by atoms with Crippen molar-refractivity contribution in [2.24, 2.45) is 4.99 Å². The van der Waals surface area contributed by atoms with E-state index >= 15 is 0 Å². The van der Waals surface area contributed by atoms with E-state index in [4.69, 9.17) is 9.72 Å². The zero-order valence-electron chi connectivity index (χ0n) is 17.1. The first-order valence-corrected chi connectivity index (χ1v) is 9.97. The Morgan fingerprint density at radius 1 is 1.23 bits per heavy atom. The van der Waals surface area contributed by atoms with E-state index in [0.717, 1.165) is 29.4 Å². The lowest BCUT2D eigenvalue weighted by molar-refractivity contribution is -0.0163. The number of nitrogens with zero attached hydrogens (tertiary/aromatic N) is 3. The van der Waals surface area contributed by atoms with Crippen LogP contribution < -0.4 is 0 Å². The van der Waals surface area contributed by atoms with E-state index in [0.29, 0.717) is 6.61 Å². The Bertz CT molecular complexity index is 759. The predicted molar refractivity (Wildman–Crippen MR) is 112 cm³/mol. The number of benzene rings is 1. The van der Waals surface area contributed by atoms with Crippen molar-refractivity contribution in [3.63, 3.8) is 0 Å². The summed E-state index contributed by atoms with van der Waals surface area (Å²) in [6.45, 7) is 14.1. The summed E-state index contributed by atoms with van der Waals surface area (Å²) in [6, 6.07) is 4.41. The Hall–Kier alpha value is -1.72.